The van der Waals surface area contributed by atoms with Gasteiger partial charge >= 0.3 is 6.18 Å². The second-order valence-corrected chi connectivity index (χ2v) is 1.92. The van der Waals surface area contributed by atoms with Gasteiger partial charge in [-0.2, -0.15) is 13.2 Å². The van der Waals surface area contributed by atoms with E-state index >= 15 is 0 Å². The molecule has 1 N–H and O–H groups in total. The first-order valence-electron chi connectivity index (χ1n) is 2.65. The summed E-state index contributed by atoms with van der Waals surface area (Å²) in [5.41, 5.74) is -1.47. The van der Waals surface area contributed by atoms with E-state index in [-0.39, 0.29) is 0 Å². The maximum atomic E-state index is 11.6. The van der Waals surface area contributed by atoms with Gasteiger partial charge in [-0.25, -0.2) is 0 Å². The molecule has 6 heteroatoms. The molecule has 0 unspecified atom stereocenters. The van der Waals surface area contributed by atoms with Crippen LogP contribution in [0, 0.1) is 0 Å². The predicted molar refractivity (Wildman–Crippen MR) is 30.6 cm³/mol. The Morgan fingerprint density at radius 1 is 1.55 bits per heavy atom. The standard InChI is InChI=1S/C5H6F3NO2/c1-3(10)2-4(9-11)5(6,7)8/h11H,2H2,1H3/b9-4-. The van der Waals surface area contributed by atoms with Crippen LogP contribution < -0.4 is 0 Å². The number of alkyl halides is 3. The summed E-state index contributed by atoms with van der Waals surface area (Å²) in [4.78, 5) is 10.2. The third-order valence-corrected chi connectivity index (χ3v) is 0.864. The first-order chi connectivity index (χ1) is 4.88. The summed E-state index contributed by atoms with van der Waals surface area (Å²) < 4.78 is 34.9. The molecule has 0 rings (SSSR count). The Balaban J connectivity index is 4.33. The number of oxime groups is 1. The second-order valence-electron chi connectivity index (χ2n) is 1.92. The Morgan fingerprint density at radius 2 is 2.00 bits per heavy atom. The lowest BCUT2D eigenvalue weighted by molar-refractivity contribution is -0.117. The fourth-order valence-electron chi connectivity index (χ4n) is 0.428. The van der Waals surface area contributed by atoms with Crippen molar-refractivity contribution < 1.29 is 23.2 Å². The van der Waals surface area contributed by atoms with E-state index in [1.807, 2.05) is 5.16 Å². The Labute approximate surface area is 60.5 Å². The van der Waals surface area contributed by atoms with Crippen LogP contribution in [-0.4, -0.2) is 22.9 Å². The van der Waals surface area contributed by atoms with Gasteiger partial charge in [-0.15, -0.1) is 0 Å². The molecule has 0 aliphatic carbocycles. The minimum Gasteiger partial charge on any atom is -0.411 e. The van der Waals surface area contributed by atoms with E-state index in [4.69, 9.17) is 5.21 Å². The van der Waals surface area contributed by atoms with Crippen LogP contribution in [0.3, 0.4) is 0 Å². The van der Waals surface area contributed by atoms with E-state index in [9.17, 15) is 18.0 Å². The molecule has 0 aromatic heterocycles. The van der Waals surface area contributed by atoms with Gasteiger partial charge in [-0.3, -0.25) is 4.79 Å². The first kappa shape index (κ1) is 9.93. The van der Waals surface area contributed by atoms with Crippen molar-refractivity contribution in [3.05, 3.63) is 0 Å². The highest BCUT2D eigenvalue weighted by molar-refractivity contribution is 6.03. The van der Waals surface area contributed by atoms with Crippen molar-refractivity contribution in [1.29, 1.82) is 0 Å². The molecule has 0 heterocycles. The summed E-state index contributed by atoms with van der Waals surface area (Å²) in [7, 11) is 0. The SMILES string of the molecule is CC(=O)C/C(=N/O)C(F)(F)F. The fourth-order valence-corrected chi connectivity index (χ4v) is 0.428. The van der Waals surface area contributed by atoms with E-state index in [2.05, 4.69) is 0 Å². The first-order valence-corrected chi connectivity index (χ1v) is 2.65. The van der Waals surface area contributed by atoms with Crippen LogP contribution in [-0.2, 0) is 4.79 Å². The highest BCUT2D eigenvalue weighted by Crippen LogP contribution is 2.19. The van der Waals surface area contributed by atoms with Crippen molar-refractivity contribution in [2.45, 2.75) is 19.5 Å². The molecule has 0 radical (unpaired) electrons. The van der Waals surface area contributed by atoms with E-state index < -0.39 is 24.1 Å². The summed E-state index contributed by atoms with van der Waals surface area (Å²) in [6.07, 6.45) is -5.61. The molecule has 64 valence electrons. The number of rotatable bonds is 2. The number of hydrogen-bond donors (Lipinski definition) is 1. The summed E-state index contributed by atoms with van der Waals surface area (Å²) in [6.45, 7) is 0.983. The molecule has 0 aromatic rings. The normalized spacial score (nSPS) is 13.3. The maximum Gasteiger partial charge on any atom is 0.433 e. The molecule has 0 saturated carbocycles. The van der Waals surface area contributed by atoms with Crippen LogP contribution in [0.1, 0.15) is 13.3 Å². The lowest BCUT2D eigenvalue weighted by Gasteiger charge is -2.05. The number of carbonyl (C=O) groups is 1. The lowest BCUT2D eigenvalue weighted by atomic mass is 10.2. The Hall–Kier alpha value is -1.07. The highest BCUT2D eigenvalue weighted by Gasteiger charge is 2.36. The molecular formula is C5H6F3NO2. The van der Waals surface area contributed by atoms with E-state index in [1.165, 1.54) is 0 Å². The smallest absolute Gasteiger partial charge is 0.411 e. The van der Waals surface area contributed by atoms with Crippen molar-refractivity contribution in [2.24, 2.45) is 5.16 Å². The van der Waals surface area contributed by atoms with Crippen LogP contribution in [0.5, 0.6) is 0 Å². The van der Waals surface area contributed by atoms with Crippen LogP contribution in [0.4, 0.5) is 13.2 Å². The number of Topliss-reactive ketones (excluding diaryl/α,β-unsaturated/α-hetero) is 1. The molecule has 0 fully saturated rings. The summed E-state index contributed by atoms with van der Waals surface area (Å²) in [5, 5.41) is 9.80. The number of halogens is 3. The van der Waals surface area contributed by atoms with Crippen molar-refractivity contribution in [1.82, 2.24) is 0 Å². The Kier molecular flexibility index (Phi) is 3.03. The van der Waals surface area contributed by atoms with Gasteiger partial charge < -0.3 is 5.21 Å². The molecule has 0 bridgehead atoms. The second kappa shape index (κ2) is 3.36. The zero-order valence-electron chi connectivity index (χ0n) is 5.64. The molecular weight excluding hydrogens is 163 g/mol. The maximum absolute atomic E-state index is 11.6. The van der Waals surface area contributed by atoms with Crippen LogP contribution in [0.2, 0.25) is 0 Å². The number of nitrogens with zero attached hydrogens (tertiary/aromatic N) is 1. The monoisotopic (exact) mass is 169 g/mol. The van der Waals surface area contributed by atoms with Gasteiger partial charge in [0.25, 0.3) is 0 Å². The number of ketones is 1. The molecule has 0 aliphatic rings. The summed E-state index contributed by atoms with van der Waals surface area (Å²) in [5.74, 6) is -0.699. The van der Waals surface area contributed by atoms with E-state index in [0.29, 0.717) is 0 Å². The van der Waals surface area contributed by atoms with Crippen LogP contribution in [0.15, 0.2) is 5.16 Å². The largest absolute Gasteiger partial charge is 0.433 e. The molecule has 11 heavy (non-hydrogen) atoms. The van der Waals surface area contributed by atoms with E-state index in [1.54, 1.807) is 0 Å². The summed E-state index contributed by atoms with van der Waals surface area (Å²) in [6, 6.07) is 0. The quantitative estimate of drug-likeness (QED) is 0.385. The third kappa shape index (κ3) is 3.59. The molecule has 0 amide bonds. The molecule has 3 nitrogen and oxygen atoms in total. The molecule has 0 saturated heterocycles. The minimum atomic E-state index is -4.72. The predicted octanol–water partition coefficient (Wildman–Crippen LogP) is 1.36. The Bertz CT molecular complexity index is 185. The van der Waals surface area contributed by atoms with Gasteiger partial charge in [-0.05, 0) is 6.92 Å². The molecule has 0 aromatic carbocycles. The van der Waals surface area contributed by atoms with Crippen molar-refractivity contribution in [3.63, 3.8) is 0 Å². The average molecular weight is 169 g/mol. The highest BCUT2D eigenvalue weighted by atomic mass is 19.4. The zero-order chi connectivity index (χ0) is 9.07. The lowest BCUT2D eigenvalue weighted by Crippen LogP contribution is -2.24. The van der Waals surface area contributed by atoms with Gasteiger partial charge in [0, 0.05) is 0 Å². The van der Waals surface area contributed by atoms with Crippen molar-refractivity contribution in [2.75, 3.05) is 0 Å². The number of hydrogen-bond acceptors (Lipinski definition) is 3. The molecule has 0 atom stereocenters. The topological polar surface area (TPSA) is 49.7 Å². The minimum absolute atomic E-state index is 0.699. The van der Waals surface area contributed by atoms with Gasteiger partial charge in [-0.1, -0.05) is 5.16 Å². The van der Waals surface area contributed by atoms with Gasteiger partial charge in [0.05, 0.1) is 6.42 Å². The average Bonchev–Trinajstić information content (AvgIpc) is 1.79. The van der Waals surface area contributed by atoms with Gasteiger partial charge in [0.1, 0.15) is 5.78 Å². The van der Waals surface area contributed by atoms with Crippen molar-refractivity contribution in [3.8, 4) is 0 Å². The fraction of sp³-hybridized carbons (Fsp3) is 0.600. The summed E-state index contributed by atoms with van der Waals surface area (Å²) >= 11 is 0. The molecule has 0 aliphatic heterocycles. The van der Waals surface area contributed by atoms with Crippen LogP contribution in [0.25, 0.3) is 0 Å². The Morgan fingerprint density at radius 3 is 2.09 bits per heavy atom. The third-order valence-electron chi connectivity index (χ3n) is 0.864. The zero-order valence-corrected chi connectivity index (χ0v) is 5.64. The van der Waals surface area contributed by atoms with Crippen molar-refractivity contribution >= 4 is 11.5 Å². The van der Waals surface area contributed by atoms with Crippen LogP contribution >= 0.6 is 0 Å². The van der Waals surface area contributed by atoms with E-state index in [0.717, 1.165) is 6.92 Å². The molecule has 0 spiro atoms. The number of carbonyl (C=O) groups excluding carboxylic acids is 1. The van der Waals surface area contributed by atoms with Gasteiger partial charge in [0.15, 0.2) is 5.71 Å². The van der Waals surface area contributed by atoms with Gasteiger partial charge in [0.2, 0.25) is 0 Å².